The summed E-state index contributed by atoms with van der Waals surface area (Å²) < 4.78 is 6.33. The number of benzene rings is 10. The van der Waals surface area contributed by atoms with Crippen LogP contribution in [0, 0.1) is 11.3 Å². The van der Waals surface area contributed by atoms with Crippen LogP contribution in [0.3, 0.4) is 0 Å². The van der Waals surface area contributed by atoms with Crippen molar-refractivity contribution in [2.75, 3.05) is 0 Å². The highest BCUT2D eigenvalue weighted by Gasteiger charge is 2.22. The van der Waals surface area contributed by atoms with Crippen molar-refractivity contribution in [1.29, 1.82) is 5.26 Å². The van der Waals surface area contributed by atoms with Crippen molar-refractivity contribution in [2.24, 2.45) is 0 Å². The largest absolute Gasteiger partial charge is 0.456 e. The lowest BCUT2D eigenvalue weighted by atomic mass is 9.88. The Bertz CT molecular complexity index is 3040. The van der Waals surface area contributed by atoms with E-state index in [-0.39, 0.29) is 0 Å². The number of rotatable bonds is 3. The maximum absolute atomic E-state index is 9.41. The molecule has 0 saturated heterocycles. The van der Waals surface area contributed by atoms with Crippen LogP contribution >= 0.6 is 0 Å². The predicted molar refractivity (Wildman–Crippen MR) is 212 cm³/mol. The van der Waals surface area contributed by atoms with Crippen LogP contribution in [0.25, 0.3) is 98.4 Å². The Hall–Kier alpha value is -6.95. The number of ether oxygens (including phenoxy) is 1. The Morgan fingerprint density at radius 3 is 1.69 bits per heavy atom. The first-order valence-corrected chi connectivity index (χ1v) is 17.3. The molecular formula is C49H27NO. The molecule has 0 bridgehead atoms. The van der Waals surface area contributed by atoms with Crippen molar-refractivity contribution in [3.63, 3.8) is 0 Å². The fourth-order valence-corrected chi connectivity index (χ4v) is 8.43. The zero-order chi connectivity index (χ0) is 33.6. The summed E-state index contributed by atoms with van der Waals surface area (Å²) in [6, 6.07) is 61.2. The van der Waals surface area contributed by atoms with Crippen LogP contribution in [0.2, 0.25) is 0 Å². The minimum atomic E-state index is 0.595. The Kier molecular flexibility index (Phi) is 5.77. The number of fused-ring (bicyclic) bond motifs is 3. The Balaban J connectivity index is 0.983. The van der Waals surface area contributed by atoms with Crippen LogP contribution in [0.1, 0.15) is 5.56 Å². The summed E-state index contributed by atoms with van der Waals surface area (Å²) in [4.78, 5) is 0. The molecule has 0 N–H and O–H groups in total. The van der Waals surface area contributed by atoms with E-state index in [9.17, 15) is 5.26 Å². The molecule has 2 nitrogen and oxygen atoms in total. The van der Waals surface area contributed by atoms with Gasteiger partial charge in [0.05, 0.1) is 11.6 Å². The van der Waals surface area contributed by atoms with E-state index in [2.05, 4.69) is 140 Å². The van der Waals surface area contributed by atoms with Crippen molar-refractivity contribution in [3.8, 4) is 62.1 Å². The van der Waals surface area contributed by atoms with Gasteiger partial charge in [0.2, 0.25) is 0 Å². The number of nitriles is 1. The van der Waals surface area contributed by atoms with Gasteiger partial charge >= 0.3 is 0 Å². The zero-order valence-corrected chi connectivity index (χ0v) is 27.4. The lowest BCUT2D eigenvalue weighted by molar-refractivity contribution is 0.487. The maximum atomic E-state index is 9.41. The predicted octanol–water partition coefficient (Wildman–Crippen LogP) is 13.5. The topological polar surface area (TPSA) is 33.0 Å². The number of hydrogen-bond donors (Lipinski definition) is 0. The quantitative estimate of drug-likeness (QED) is 0.179. The van der Waals surface area contributed by atoms with E-state index in [0.717, 1.165) is 39.0 Å². The van der Waals surface area contributed by atoms with Crippen molar-refractivity contribution in [2.45, 2.75) is 0 Å². The minimum absolute atomic E-state index is 0.595. The summed E-state index contributed by atoms with van der Waals surface area (Å²) in [5.41, 5.74) is 9.99. The standard InChI is InChI=1S/C49H27NO/c50-28-29-11-20-42-44-22-21-41(43-9-4-10-45(49(43)44)51-46(42)23-29)32-14-12-30(13-15-32)37-24-33-16-18-35-26-38(27-36-19-17-34(25-37)47(33)48(35)36)40-8-3-6-31-5-1-2-7-39(31)40/h1-27H. The molecule has 10 aromatic carbocycles. The smallest absolute Gasteiger partial charge is 0.136 e. The first-order valence-electron chi connectivity index (χ1n) is 17.3. The molecule has 0 aliphatic carbocycles. The van der Waals surface area contributed by atoms with Gasteiger partial charge in [-0.25, -0.2) is 0 Å². The zero-order valence-electron chi connectivity index (χ0n) is 27.4. The van der Waals surface area contributed by atoms with Crippen molar-refractivity contribution in [1.82, 2.24) is 0 Å². The number of nitrogens with zero attached hydrogens (tertiary/aromatic N) is 1. The van der Waals surface area contributed by atoms with E-state index in [1.54, 1.807) is 0 Å². The highest BCUT2D eigenvalue weighted by atomic mass is 16.5. The van der Waals surface area contributed by atoms with Gasteiger partial charge < -0.3 is 4.74 Å². The maximum Gasteiger partial charge on any atom is 0.136 e. The molecule has 11 rings (SSSR count). The molecule has 10 aromatic rings. The van der Waals surface area contributed by atoms with Crippen LogP contribution in [0.5, 0.6) is 11.5 Å². The molecular weight excluding hydrogens is 619 g/mol. The van der Waals surface area contributed by atoms with Crippen molar-refractivity contribution in [3.05, 3.63) is 169 Å². The summed E-state index contributed by atoms with van der Waals surface area (Å²) in [6.45, 7) is 0. The molecule has 0 radical (unpaired) electrons. The second-order valence-corrected chi connectivity index (χ2v) is 13.6. The summed E-state index contributed by atoms with van der Waals surface area (Å²) in [6.07, 6.45) is 0. The third-order valence-electron chi connectivity index (χ3n) is 10.8. The molecule has 0 fully saturated rings. The fourth-order valence-electron chi connectivity index (χ4n) is 8.43. The molecule has 1 aliphatic heterocycles. The van der Waals surface area contributed by atoms with E-state index in [4.69, 9.17) is 4.74 Å². The molecule has 1 heterocycles. The van der Waals surface area contributed by atoms with Crippen LogP contribution in [-0.4, -0.2) is 0 Å². The molecule has 0 spiro atoms. The van der Waals surface area contributed by atoms with Gasteiger partial charge in [0, 0.05) is 10.9 Å². The van der Waals surface area contributed by atoms with Crippen LogP contribution in [-0.2, 0) is 0 Å². The molecule has 0 amide bonds. The molecule has 234 valence electrons. The SMILES string of the molecule is N#Cc1ccc2c(c1)Oc1cccc3c(-c4ccc(-c5cc6ccc7cc(-c8cccc9ccccc89)cc8ccc(c5)c6c78)cc4)ccc-2c13. The van der Waals surface area contributed by atoms with Gasteiger partial charge in [-0.2, -0.15) is 5.26 Å². The summed E-state index contributed by atoms with van der Waals surface area (Å²) in [5, 5.41) is 21.9. The Morgan fingerprint density at radius 1 is 0.353 bits per heavy atom. The summed E-state index contributed by atoms with van der Waals surface area (Å²) in [7, 11) is 0. The van der Waals surface area contributed by atoms with E-state index in [0.29, 0.717) is 5.56 Å². The third-order valence-corrected chi connectivity index (χ3v) is 10.8. The van der Waals surface area contributed by atoms with Gasteiger partial charge in [0.25, 0.3) is 0 Å². The Labute approximate surface area is 294 Å². The molecule has 51 heavy (non-hydrogen) atoms. The van der Waals surface area contributed by atoms with Crippen molar-refractivity contribution < 1.29 is 4.74 Å². The Morgan fingerprint density at radius 2 is 0.941 bits per heavy atom. The van der Waals surface area contributed by atoms with E-state index >= 15 is 0 Å². The normalized spacial score (nSPS) is 12.1. The molecule has 0 aromatic heterocycles. The monoisotopic (exact) mass is 645 g/mol. The highest BCUT2D eigenvalue weighted by molar-refractivity contribution is 6.25. The lowest BCUT2D eigenvalue weighted by Gasteiger charge is -2.22. The van der Waals surface area contributed by atoms with Gasteiger partial charge in [0.1, 0.15) is 11.5 Å². The second kappa shape index (κ2) is 10.5. The van der Waals surface area contributed by atoms with Crippen molar-refractivity contribution >= 4 is 53.9 Å². The van der Waals surface area contributed by atoms with Gasteiger partial charge in [-0.15, -0.1) is 0 Å². The highest BCUT2D eigenvalue weighted by Crippen LogP contribution is 2.49. The molecule has 0 atom stereocenters. The minimum Gasteiger partial charge on any atom is -0.456 e. The van der Waals surface area contributed by atoms with Gasteiger partial charge in [0.15, 0.2) is 0 Å². The third kappa shape index (κ3) is 4.16. The van der Waals surface area contributed by atoms with Crippen LogP contribution in [0.15, 0.2) is 164 Å². The molecule has 0 unspecified atom stereocenters. The summed E-state index contributed by atoms with van der Waals surface area (Å²) in [5.74, 6) is 1.55. The van der Waals surface area contributed by atoms with E-state index in [1.807, 2.05) is 30.3 Å². The van der Waals surface area contributed by atoms with Gasteiger partial charge in [-0.05, 0) is 136 Å². The first kappa shape index (κ1) is 27.9. The van der Waals surface area contributed by atoms with E-state index < -0.39 is 0 Å². The molecule has 1 aliphatic rings. The average molecular weight is 646 g/mol. The average Bonchev–Trinajstić information content (AvgIpc) is 3.19. The van der Waals surface area contributed by atoms with Crippen LogP contribution in [0.4, 0.5) is 0 Å². The van der Waals surface area contributed by atoms with Gasteiger partial charge in [-0.1, -0.05) is 115 Å². The van der Waals surface area contributed by atoms with Crippen LogP contribution < -0.4 is 4.74 Å². The lowest BCUT2D eigenvalue weighted by Crippen LogP contribution is -1.98. The molecule has 0 saturated carbocycles. The molecule has 2 heteroatoms. The fraction of sp³-hybridized carbons (Fsp3) is 0. The number of hydrogen-bond acceptors (Lipinski definition) is 2. The van der Waals surface area contributed by atoms with Gasteiger partial charge in [-0.3, -0.25) is 0 Å². The first-order chi connectivity index (χ1) is 25.2. The van der Waals surface area contributed by atoms with E-state index in [1.165, 1.54) is 70.9 Å². The summed E-state index contributed by atoms with van der Waals surface area (Å²) >= 11 is 0. The second-order valence-electron chi connectivity index (χ2n) is 13.6.